The molecule has 17 heteroatoms. The maximum absolute atomic E-state index is 17.2. The van der Waals surface area contributed by atoms with Crippen molar-refractivity contribution in [1.82, 2.24) is 19.6 Å². The van der Waals surface area contributed by atoms with E-state index >= 15 is 4.39 Å². The number of benzene rings is 2. The van der Waals surface area contributed by atoms with Gasteiger partial charge in [0.1, 0.15) is 41.0 Å². The summed E-state index contributed by atoms with van der Waals surface area (Å²) >= 11 is 7.89. The summed E-state index contributed by atoms with van der Waals surface area (Å²) in [4.78, 5) is 13.3. The Labute approximate surface area is 288 Å². The van der Waals surface area contributed by atoms with Gasteiger partial charge in [-0.25, -0.2) is 26.3 Å². The van der Waals surface area contributed by atoms with Gasteiger partial charge < -0.3 is 20.1 Å². The number of alkyl halides is 1. The number of nitrogens with two attached hydrogens (primary N) is 1. The molecule has 3 N–H and O–H groups in total. The molecule has 3 unspecified atom stereocenters. The van der Waals surface area contributed by atoms with Crippen LogP contribution in [0.25, 0.3) is 32.1 Å². The van der Waals surface area contributed by atoms with E-state index in [1.54, 1.807) is 0 Å². The molecule has 8 rings (SSSR count). The average molecular weight is 734 g/mol. The summed E-state index contributed by atoms with van der Waals surface area (Å²) in [5.74, 6) is -1.17. The van der Waals surface area contributed by atoms with Crippen LogP contribution < -0.4 is 24.8 Å². The van der Waals surface area contributed by atoms with Crippen molar-refractivity contribution in [1.29, 1.82) is 5.26 Å². The molecule has 11 nitrogen and oxygen atoms in total. The van der Waals surface area contributed by atoms with E-state index in [9.17, 15) is 22.5 Å². The van der Waals surface area contributed by atoms with Crippen LogP contribution in [0.4, 0.5) is 24.0 Å². The Bertz CT molecular complexity index is 2200. The molecule has 0 saturated carbocycles. The van der Waals surface area contributed by atoms with Crippen molar-refractivity contribution in [2.75, 3.05) is 49.7 Å². The van der Waals surface area contributed by atoms with Gasteiger partial charge in [-0.2, -0.15) is 15.2 Å². The van der Waals surface area contributed by atoms with Gasteiger partial charge in [0.25, 0.3) is 0 Å². The van der Waals surface area contributed by atoms with Crippen molar-refractivity contribution in [3.8, 4) is 29.0 Å². The summed E-state index contributed by atoms with van der Waals surface area (Å²) in [5.41, 5.74) is 5.32. The van der Waals surface area contributed by atoms with Crippen LogP contribution in [0.5, 0.6) is 11.8 Å². The molecule has 6 heterocycles. The van der Waals surface area contributed by atoms with Crippen LogP contribution in [-0.2, 0) is 10.0 Å². The van der Waals surface area contributed by atoms with Crippen molar-refractivity contribution in [3.63, 3.8) is 0 Å². The highest BCUT2D eigenvalue weighted by Crippen LogP contribution is 2.51. The maximum Gasteiger partial charge on any atom is 0.319 e. The molecular weight excluding hydrogens is 703 g/mol. The highest BCUT2D eigenvalue weighted by Gasteiger charge is 2.49. The third-order valence-corrected chi connectivity index (χ3v) is 12.3. The molecule has 4 aromatic rings. The second-order valence-corrected chi connectivity index (χ2v) is 16.4. The van der Waals surface area contributed by atoms with E-state index in [-0.39, 0.29) is 78.5 Å². The molecule has 0 amide bonds. The van der Waals surface area contributed by atoms with Crippen LogP contribution in [-0.4, -0.2) is 86.2 Å². The number of nitriles is 1. The molecule has 3 fully saturated rings. The molecule has 2 aromatic carbocycles. The number of halogens is 4. The number of nitrogens with zero attached hydrogens (tertiary/aromatic N) is 5. The minimum Gasteiger partial charge on any atom is -0.491 e. The number of fused-ring (bicyclic) bond motifs is 4. The summed E-state index contributed by atoms with van der Waals surface area (Å²) in [7, 11) is -3.56. The summed E-state index contributed by atoms with van der Waals surface area (Å²) in [6, 6.07) is 3.49. The molecular formula is C32H31ClF3N7O4S2. The minimum absolute atomic E-state index is 0.00604. The summed E-state index contributed by atoms with van der Waals surface area (Å²) in [6.45, 7) is 1.63. The van der Waals surface area contributed by atoms with E-state index in [1.807, 2.05) is 11.0 Å². The van der Waals surface area contributed by atoms with Crippen LogP contribution in [0.2, 0.25) is 5.02 Å². The van der Waals surface area contributed by atoms with Gasteiger partial charge >= 0.3 is 6.01 Å². The number of nitrogens with one attached hydrogen (secondary N) is 1. The predicted molar refractivity (Wildman–Crippen MR) is 181 cm³/mol. The molecule has 0 radical (unpaired) electrons. The number of hydrogen-bond acceptors (Lipinski definition) is 11. The Morgan fingerprint density at radius 2 is 2.08 bits per heavy atom. The van der Waals surface area contributed by atoms with E-state index in [1.165, 1.54) is 6.07 Å². The number of sulfonamides is 1. The standard InChI is InChI=1S/C32H31ClF3N7O4S2/c1-49(44,45)41-19-5-9-43-20(19)6-10-46-27-23-26(39-31(40-30(23)43)47-14-32-7-2-8-42(32)13-15(34)11-32)25(36)22(24(27)33)16-3-4-18(35)28-21(16)17(12-37)29(38)48-28/h3-4,15,19-20,41H,2,5-11,13-14,38H2,1H3/t15-,19?,20?,32?/m1/s1. The molecule has 3 saturated heterocycles. The maximum atomic E-state index is 17.2. The van der Waals surface area contributed by atoms with Gasteiger partial charge in [-0.05, 0) is 37.4 Å². The summed E-state index contributed by atoms with van der Waals surface area (Å²) in [5, 5.41) is 10.2. The lowest BCUT2D eigenvalue weighted by Crippen LogP contribution is -2.46. The van der Waals surface area contributed by atoms with Gasteiger partial charge in [-0.1, -0.05) is 17.7 Å². The zero-order valence-corrected chi connectivity index (χ0v) is 28.6. The minimum atomic E-state index is -3.56. The molecule has 258 valence electrons. The largest absolute Gasteiger partial charge is 0.491 e. The lowest BCUT2D eigenvalue weighted by Gasteiger charge is -2.33. The molecule has 4 atom stereocenters. The van der Waals surface area contributed by atoms with Crippen LogP contribution in [0, 0.1) is 23.0 Å². The van der Waals surface area contributed by atoms with Gasteiger partial charge in [0.05, 0.1) is 45.1 Å². The first kappa shape index (κ1) is 32.6. The van der Waals surface area contributed by atoms with Crippen LogP contribution in [0.1, 0.15) is 37.7 Å². The Hall–Kier alpha value is -3.62. The van der Waals surface area contributed by atoms with E-state index < -0.39 is 45.5 Å². The van der Waals surface area contributed by atoms with Gasteiger partial charge in [-0.3, -0.25) is 4.90 Å². The lowest BCUT2D eigenvalue weighted by atomic mass is 9.95. The zero-order valence-electron chi connectivity index (χ0n) is 26.2. The number of rotatable bonds is 6. The Kier molecular flexibility index (Phi) is 7.80. The molecule has 0 aliphatic carbocycles. The molecule has 0 bridgehead atoms. The fraction of sp³-hybridized carbons (Fsp3) is 0.469. The number of anilines is 2. The first-order chi connectivity index (χ1) is 23.4. The van der Waals surface area contributed by atoms with Gasteiger partial charge in [0.2, 0.25) is 10.0 Å². The van der Waals surface area contributed by atoms with Crippen molar-refractivity contribution in [2.45, 2.75) is 55.9 Å². The first-order valence-corrected chi connectivity index (χ1v) is 19.0. The second-order valence-electron chi connectivity index (χ2n) is 13.2. The van der Waals surface area contributed by atoms with Gasteiger partial charge in [0, 0.05) is 42.9 Å². The van der Waals surface area contributed by atoms with E-state index in [4.69, 9.17) is 31.8 Å². The first-order valence-electron chi connectivity index (χ1n) is 15.9. The van der Waals surface area contributed by atoms with E-state index in [0.717, 1.165) is 43.0 Å². The highest BCUT2D eigenvalue weighted by molar-refractivity contribution is 7.88. The Morgan fingerprint density at radius 3 is 2.86 bits per heavy atom. The van der Waals surface area contributed by atoms with E-state index in [0.29, 0.717) is 32.4 Å². The fourth-order valence-electron chi connectivity index (χ4n) is 8.20. The Balaban J connectivity index is 1.34. The van der Waals surface area contributed by atoms with Crippen LogP contribution in [0.3, 0.4) is 0 Å². The topological polar surface area (TPSA) is 147 Å². The number of nitrogen functional groups attached to an aromatic ring is 1. The van der Waals surface area contributed by atoms with Crippen molar-refractivity contribution < 1.29 is 31.1 Å². The van der Waals surface area contributed by atoms with Gasteiger partial charge in [-0.15, -0.1) is 11.3 Å². The predicted octanol–water partition coefficient (Wildman–Crippen LogP) is 5.13. The third-order valence-electron chi connectivity index (χ3n) is 10.2. The molecule has 4 aliphatic rings. The fourth-order valence-corrected chi connectivity index (χ4v) is 10.3. The third kappa shape index (κ3) is 5.24. The smallest absolute Gasteiger partial charge is 0.319 e. The normalized spacial score (nSPS) is 25.2. The quantitative estimate of drug-likeness (QED) is 0.274. The van der Waals surface area contributed by atoms with Crippen LogP contribution in [0.15, 0.2) is 12.1 Å². The van der Waals surface area contributed by atoms with Gasteiger partial charge in [0.15, 0.2) is 11.6 Å². The zero-order chi connectivity index (χ0) is 34.4. The molecule has 4 aliphatic heterocycles. The van der Waals surface area contributed by atoms with E-state index in [2.05, 4.69) is 14.6 Å². The SMILES string of the molecule is CS(=O)(=O)NC1CCN2c3nc(OCC45CCCN4C[C@H](F)C5)nc4c(F)c(-c5ccc(F)c6sc(N)c(C#N)c56)c(Cl)c(c34)OCCC12. The number of aromatic nitrogens is 2. The van der Waals surface area contributed by atoms with Crippen molar-refractivity contribution in [3.05, 3.63) is 34.4 Å². The lowest BCUT2D eigenvalue weighted by molar-refractivity contribution is 0.107. The average Bonchev–Trinajstić information content (AvgIpc) is 3.77. The highest BCUT2D eigenvalue weighted by atomic mass is 35.5. The van der Waals surface area contributed by atoms with Crippen LogP contribution >= 0.6 is 22.9 Å². The number of thiophene rings is 1. The summed E-state index contributed by atoms with van der Waals surface area (Å²) in [6.07, 6.45) is 2.86. The molecule has 2 aromatic heterocycles. The number of ether oxygens (including phenoxy) is 2. The second kappa shape index (κ2) is 11.7. The molecule has 0 spiro atoms. The van der Waals surface area contributed by atoms with Crippen molar-refractivity contribution >= 4 is 64.8 Å². The monoisotopic (exact) mass is 733 g/mol. The summed E-state index contributed by atoms with van der Waals surface area (Å²) < 4.78 is 86.5. The molecule has 49 heavy (non-hydrogen) atoms. The Morgan fingerprint density at radius 1 is 1.27 bits per heavy atom. The number of hydrogen-bond donors (Lipinski definition) is 2. The van der Waals surface area contributed by atoms with Crippen molar-refractivity contribution in [2.24, 2.45) is 0 Å².